The summed E-state index contributed by atoms with van der Waals surface area (Å²) in [5.74, 6) is -1.14. The minimum atomic E-state index is -1.33. The molecule has 3 aromatic rings. The molecule has 1 aromatic heterocycles. The number of ether oxygens (including phenoxy) is 4. The van der Waals surface area contributed by atoms with Crippen molar-refractivity contribution in [3.8, 4) is 17.2 Å². The van der Waals surface area contributed by atoms with Crippen LogP contribution in [0.3, 0.4) is 0 Å². The summed E-state index contributed by atoms with van der Waals surface area (Å²) in [7, 11) is 0. The summed E-state index contributed by atoms with van der Waals surface area (Å²) in [5.41, 5.74) is 2.53. The van der Waals surface area contributed by atoms with Gasteiger partial charge in [-0.25, -0.2) is 4.79 Å². The molecule has 0 bridgehead atoms. The number of carbonyl (C=O) groups is 3. The van der Waals surface area contributed by atoms with Crippen molar-refractivity contribution in [2.75, 3.05) is 26.4 Å². The Labute approximate surface area is 295 Å². The van der Waals surface area contributed by atoms with Crippen LogP contribution in [-0.2, 0) is 32.1 Å². The number of aliphatic hydroxyl groups is 4. The number of aliphatic hydroxyl groups excluding tert-OH is 3. The topological polar surface area (TPSA) is 185 Å². The van der Waals surface area contributed by atoms with E-state index in [9.17, 15) is 34.8 Å². The number of aromatic nitrogens is 1. The Morgan fingerprint density at radius 2 is 1.88 bits per heavy atom. The number of H-pyrrole nitrogens is 1. The molecule has 0 radical (unpaired) electrons. The lowest BCUT2D eigenvalue weighted by molar-refractivity contribution is -0.141. The first-order valence-electron chi connectivity index (χ1n) is 17.6. The molecule has 2 aromatic carbocycles. The van der Waals surface area contributed by atoms with Gasteiger partial charge in [-0.15, -0.1) is 0 Å². The molecule has 12 heteroatoms. The summed E-state index contributed by atoms with van der Waals surface area (Å²) in [6.07, 6.45) is 4.20. The predicted octanol–water partition coefficient (Wildman–Crippen LogP) is 4.34. The van der Waals surface area contributed by atoms with Crippen LogP contribution in [0.15, 0.2) is 47.4 Å². The van der Waals surface area contributed by atoms with E-state index in [4.69, 9.17) is 18.9 Å². The van der Waals surface area contributed by atoms with Crippen LogP contribution in [0.25, 0.3) is 16.5 Å². The van der Waals surface area contributed by atoms with Crippen LogP contribution in [0.4, 0.5) is 0 Å². The molecule has 1 saturated carbocycles. The van der Waals surface area contributed by atoms with E-state index in [1.165, 1.54) is 0 Å². The lowest BCUT2D eigenvalue weighted by Gasteiger charge is -2.32. The Morgan fingerprint density at radius 1 is 1.08 bits per heavy atom. The number of rotatable bonds is 14. The lowest BCUT2D eigenvalue weighted by Crippen LogP contribution is -2.42. The Morgan fingerprint density at radius 3 is 2.61 bits per heavy atom. The number of ketones is 1. The van der Waals surface area contributed by atoms with Gasteiger partial charge < -0.3 is 44.4 Å². The fourth-order valence-corrected chi connectivity index (χ4v) is 7.44. The SMILES string of the molecule is CCOC(=O)C1=C(C=O)/C(=C2\CCC(=O)[C@H](c3ccc4[nH]ccc4c3)C2)c2c(OCCCO)c3c(c(CO)c2O1)O[C@H]([C@@](C)(O)CCCCO)C3. The molecule has 0 saturated heterocycles. The molecule has 3 atom stereocenters. The summed E-state index contributed by atoms with van der Waals surface area (Å²) in [6, 6.07) is 7.76. The van der Waals surface area contributed by atoms with Gasteiger partial charge in [0.05, 0.1) is 42.1 Å². The predicted molar refractivity (Wildman–Crippen MR) is 186 cm³/mol. The fraction of sp³-hybridized carbons (Fsp3) is 0.462. The number of unbranched alkanes of at least 4 members (excludes halogenated alkanes) is 1. The van der Waals surface area contributed by atoms with Crippen LogP contribution in [-0.4, -0.2) is 81.6 Å². The molecule has 272 valence electrons. The number of aromatic amines is 1. The van der Waals surface area contributed by atoms with Gasteiger partial charge in [-0.2, -0.15) is 0 Å². The Balaban J connectivity index is 1.57. The van der Waals surface area contributed by atoms with Crippen LogP contribution >= 0.6 is 0 Å². The molecule has 2 aliphatic heterocycles. The number of esters is 1. The number of fused-ring (bicyclic) bond motifs is 3. The van der Waals surface area contributed by atoms with Crippen molar-refractivity contribution in [1.29, 1.82) is 0 Å². The first-order valence-corrected chi connectivity index (χ1v) is 17.6. The van der Waals surface area contributed by atoms with E-state index in [1.807, 2.05) is 30.5 Å². The van der Waals surface area contributed by atoms with Gasteiger partial charge in [0.2, 0.25) is 5.76 Å². The fourth-order valence-electron chi connectivity index (χ4n) is 7.44. The van der Waals surface area contributed by atoms with Crippen LogP contribution in [0, 0.1) is 0 Å². The summed E-state index contributed by atoms with van der Waals surface area (Å²) in [6.45, 7) is 2.65. The van der Waals surface area contributed by atoms with Gasteiger partial charge in [0.15, 0.2) is 6.29 Å². The van der Waals surface area contributed by atoms with Gasteiger partial charge in [-0.05, 0) is 75.1 Å². The molecule has 3 aliphatic rings. The molecule has 1 aliphatic carbocycles. The molecule has 1 fully saturated rings. The Hall–Kier alpha value is -4.49. The summed E-state index contributed by atoms with van der Waals surface area (Å²) >= 11 is 0. The van der Waals surface area contributed by atoms with Crippen molar-refractivity contribution >= 4 is 34.5 Å². The third-order valence-corrected chi connectivity index (χ3v) is 10.1. The van der Waals surface area contributed by atoms with E-state index in [1.54, 1.807) is 13.8 Å². The first-order chi connectivity index (χ1) is 24.7. The van der Waals surface area contributed by atoms with Crippen molar-refractivity contribution in [3.05, 3.63) is 69.6 Å². The van der Waals surface area contributed by atoms with Crippen LogP contribution in [0.2, 0.25) is 0 Å². The van der Waals surface area contributed by atoms with E-state index >= 15 is 0 Å². The Bertz CT molecular complexity index is 1880. The summed E-state index contributed by atoms with van der Waals surface area (Å²) in [4.78, 5) is 43.2. The zero-order chi connectivity index (χ0) is 36.3. The first kappa shape index (κ1) is 36.3. The molecule has 0 spiro atoms. The molecule has 0 unspecified atom stereocenters. The van der Waals surface area contributed by atoms with Crippen molar-refractivity contribution < 1.29 is 53.8 Å². The molecule has 0 amide bonds. The zero-order valence-electron chi connectivity index (χ0n) is 29.0. The van der Waals surface area contributed by atoms with Crippen molar-refractivity contribution in [2.24, 2.45) is 0 Å². The minimum absolute atomic E-state index is 0.0110. The van der Waals surface area contributed by atoms with Crippen molar-refractivity contribution in [3.63, 3.8) is 0 Å². The molecule has 51 heavy (non-hydrogen) atoms. The normalized spacial score (nSPS) is 21.1. The highest BCUT2D eigenvalue weighted by Gasteiger charge is 2.46. The highest BCUT2D eigenvalue weighted by Crippen LogP contribution is 2.56. The van der Waals surface area contributed by atoms with Gasteiger partial charge >= 0.3 is 5.97 Å². The zero-order valence-corrected chi connectivity index (χ0v) is 29.0. The number of carbonyl (C=O) groups excluding carboxylic acids is 3. The number of nitrogens with one attached hydrogen (secondary N) is 1. The third-order valence-electron chi connectivity index (χ3n) is 10.1. The van der Waals surface area contributed by atoms with E-state index in [-0.39, 0.29) is 92.0 Å². The summed E-state index contributed by atoms with van der Waals surface area (Å²) in [5, 5.41) is 42.3. The number of allylic oxidation sites excluding steroid dienone is 3. The second-order valence-corrected chi connectivity index (χ2v) is 13.5. The maximum atomic E-state index is 13.5. The smallest absolute Gasteiger partial charge is 0.375 e. The number of aldehydes is 1. The average Bonchev–Trinajstić information content (AvgIpc) is 3.79. The van der Waals surface area contributed by atoms with Crippen LogP contribution in [0.1, 0.15) is 87.0 Å². The second-order valence-electron chi connectivity index (χ2n) is 13.5. The average molecular weight is 704 g/mol. The standard InChI is InChI=1S/C39H45NO11/c1-3-48-38(46)37-27(20-43)32(24-8-10-30(45)25(18-24)22-7-9-29-23(17-22)11-13-40-29)33-35(49-16-6-15-42)26-19-31(39(2,47)12-4-5-14-41)50-34(26)28(21-44)36(33)51-37/h7,9,11,13,17,20,25,31,40-42,44,47H,3-6,8,10,12,14-16,18-19,21H2,1-2H3/b32-24-/t25-,31-,39-/m0/s1. The monoisotopic (exact) mass is 703 g/mol. The largest absolute Gasteiger partial charge is 0.492 e. The molecule has 3 heterocycles. The van der Waals surface area contributed by atoms with E-state index in [0.717, 1.165) is 22.0 Å². The van der Waals surface area contributed by atoms with Crippen molar-refractivity contribution in [1.82, 2.24) is 4.98 Å². The van der Waals surface area contributed by atoms with Crippen LogP contribution < -0.4 is 14.2 Å². The van der Waals surface area contributed by atoms with Gasteiger partial charge in [-0.1, -0.05) is 11.6 Å². The van der Waals surface area contributed by atoms with Gasteiger partial charge in [0, 0.05) is 61.2 Å². The summed E-state index contributed by atoms with van der Waals surface area (Å²) < 4.78 is 24.4. The molecule has 6 rings (SSSR count). The van der Waals surface area contributed by atoms with Gasteiger partial charge in [0.1, 0.15) is 29.1 Å². The molecular weight excluding hydrogens is 658 g/mol. The molecule has 12 nitrogen and oxygen atoms in total. The Kier molecular flexibility index (Phi) is 11.0. The highest BCUT2D eigenvalue weighted by molar-refractivity contribution is 6.11. The molecule has 5 N–H and O–H groups in total. The third kappa shape index (κ3) is 6.93. The number of hydrogen-bond acceptors (Lipinski definition) is 11. The van der Waals surface area contributed by atoms with Crippen LogP contribution in [0.5, 0.6) is 17.2 Å². The number of Topliss-reactive ketones (excluding diaryl/α,β-unsaturated/α-hetero) is 1. The van der Waals surface area contributed by atoms with Crippen molar-refractivity contribution in [2.45, 2.75) is 89.4 Å². The van der Waals surface area contributed by atoms with E-state index in [2.05, 4.69) is 4.98 Å². The quantitative estimate of drug-likeness (QED) is 0.0914. The highest BCUT2D eigenvalue weighted by atomic mass is 16.6. The maximum Gasteiger partial charge on any atom is 0.375 e. The second kappa shape index (κ2) is 15.4. The minimum Gasteiger partial charge on any atom is -0.492 e. The lowest BCUT2D eigenvalue weighted by atomic mass is 9.75. The van der Waals surface area contributed by atoms with E-state index in [0.29, 0.717) is 48.7 Å². The number of benzene rings is 2. The van der Waals surface area contributed by atoms with Gasteiger partial charge in [0.25, 0.3) is 0 Å². The van der Waals surface area contributed by atoms with Gasteiger partial charge in [-0.3, -0.25) is 9.59 Å². The van der Waals surface area contributed by atoms with E-state index < -0.39 is 30.2 Å². The molecular formula is C39H45NO11. The maximum absolute atomic E-state index is 13.5. The number of hydrogen-bond donors (Lipinski definition) is 5.